The van der Waals surface area contributed by atoms with E-state index in [0.29, 0.717) is 5.92 Å². The molecule has 0 bridgehead atoms. The topological polar surface area (TPSA) is 73.5 Å². The van der Waals surface area contributed by atoms with Crippen LogP contribution in [0.2, 0.25) is 0 Å². The molecule has 3 heterocycles. The number of aromatic nitrogens is 2. The smallest absolute Gasteiger partial charge is 0.317 e. The van der Waals surface area contributed by atoms with Gasteiger partial charge in [-0.25, -0.2) is 4.79 Å². The summed E-state index contributed by atoms with van der Waals surface area (Å²) < 4.78 is 5.13. The van der Waals surface area contributed by atoms with Gasteiger partial charge in [0.1, 0.15) is 0 Å². The maximum Gasteiger partial charge on any atom is 0.317 e. The highest BCUT2D eigenvalue weighted by molar-refractivity contribution is 5.74. The van der Waals surface area contributed by atoms with E-state index in [1.807, 2.05) is 11.8 Å². The molecule has 0 radical (unpaired) electrons. The van der Waals surface area contributed by atoms with E-state index in [9.17, 15) is 4.79 Å². The highest BCUT2D eigenvalue weighted by Crippen LogP contribution is 2.26. The normalized spacial score (nSPS) is 25.2. The maximum atomic E-state index is 12.6. The summed E-state index contributed by atoms with van der Waals surface area (Å²) in [5.41, 5.74) is 2.16. The fourth-order valence-corrected chi connectivity index (χ4v) is 3.69. The third-order valence-corrected chi connectivity index (χ3v) is 5.06. The lowest BCUT2D eigenvalue weighted by atomic mass is 9.95. The maximum absolute atomic E-state index is 12.6. The molecule has 2 fully saturated rings. The Kier molecular flexibility index (Phi) is 5.73. The van der Waals surface area contributed by atoms with Crippen molar-refractivity contribution in [1.29, 1.82) is 0 Å². The molecule has 7 nitrogen and oxygen atoms in total. The number of likely N-dealkylation sites (tertiary alicyclic amines) is 2. The zero-order valence-corrected chi connectivity index (χ0v) is 14.8. The number of amides is 2. The number of urea groups is 1. The van der Waals surface area contributed by atoms with E-state index in [-0.39, 0.29) is 12.1 Å². The van der Waals surface area contributed by atoms with E-state index >= 15 is 0 Å². The van der Waals surface area contributed by atoms with E-state index in [2.05, 4.69) is 26.5 Å². The summed E-state index contributed by atoms with van der Waals surface area (Å²) in [6.07, 6.45) is 3.15. The number of rotatable bonds is 5. The van der Waals surface area contributed by atoms with E-state index in [1.165, 1.54) is 0 Å². The van der Waals surface area contributed by atoms with E-state index in [0.717, 1.165) is 70.0 Å². The minimum Gasteiger partial charge on any atom is -0.383 e. The van der Waals surface area contributed by atoms with Crippen LogP contribution in [0.15, 0.2) is 6.07 Å². The quantitative estimate of drug-likeness (QED) is 0.851. The van der Waals surface area contributed by atoms with Crippen molar-refractivity contribution in [3.63, 3.8) is 0 Å². The van der Waals surface area contributed by atoms with E-state index in [4.69, 9.17) is 4.74 Å². The first-order valence-electron chi connectivity index (χ1n) is 8.94. The third kappa shape index (κ3) is 4.27. The van der Waals surface area contributed by atoms with Crippen molar-refractivity contribution in [3.05, 3.63) is 17.5 Å². The highest BCUT2D eigenvalue weighted by Gasteiger charge is 2.29. The fraction of sp³-hybridized carbons (Fsp3) is 0.765. The van der Waals surface area contributed by atoms with Gasteiger partial charge in [0.25, 0.3) is 0 Å². The largest absolute Gasteiger partial charge is 0.383 e. The van der Waals surface area contributed by atoms with Gasteiger partial charge < -0.3 is 15.0 Å². The summed E-state index contributed by atoms with van der Waals surface area (Å²) in [5, 5.41) is 10.6. The van der Waals surface area contributed by atoms with Crippen LogP contribution in [0, 0.1) is 6.92 Å². The second-order valence-electron chi connectivity index (χ2n) is 6.99. The van der Waals surface area contributed by atoms with Crippen molar-refractivity contribution < 1.29 is 9.53 Å². The van der Waals surface area contributed by atoms with Crippen LogP contribution in [0.1, 0.15) is 36.6 Å². The second-order valence-corrected chi connectivity index (χ2v) is 6.99. The van der Waals surface area contributed by atoms with Crippen LogP contribution in [0.5, 0.6) is 0 Å². The predicted octanol–water partition coefficient (Wildman–Crippen LogP) is 1.33. The Morgan fingerprint density at radius 1 is 1.42 bits per heavy atom. The van der Waals surface area contributed by atoms with Crippen molar-refractivity contribution in [2.24, 2.45) is 0 Å². The van der Waals surface area contributed by atoms with Crippen LogP contribution < -0.4 is 5.32 Å². The molecule has 0 aromatic carbocycles. The van der Waals surface area contributed by atoms with Crippen molar-refractivity contribution in [2.45, 2.75) is 38.1 Å². The summed E-state index contributed by atoms with van der Waals surface area (Å²) in [6.45, 7) is 7.25. The molecule has 2 atom stereocenters. The Balaban J connectivity index is 1.48. The van der Waals surface area contributed by atoms with Gasteiger partial charge in [-0.15, -0.1) is 0 Å². The number of aryl methyl sites for hydroxylation is 1. The summed E-state index contributed by atoms with van der Waals surface area (Å²) >= 11 is 0. The van der Waals surface area contributed by atoms with Crippen LogP contribution in [0.25, 0.3) is 0 Å². The molecule has 0 spiro atoms. The van der Waals surface area contributed by atoms with Crippen LogP contribution in [0.4, 0.5) is 4.79 Å². The number of hydrogen-bond acceptors (Lipinski definition) is 4. The monoisotopic (exact) mass is 335 g/mol. The number of piperidine rings is 1. The number of aromatic amines is 1. The first-order chi connectivity index (χ1) is 11.7. The average molecular weight is 335 g/mol. The minimum atomic E-state index is 0.0746. The molecule has 2 aliphatic heterocycles. The van der Waals surface area contributed by atoms with Crippen molar-refractivity contribution >= 4 is 6.03 Å². The Labute approximate surface area is 143 Å². The molecule has 2 N–H and O–H groups in total. The first kappa shape index (κ1) is 17.2. The average Bonchev–Trinajstić information content (AvgIpc) is 3.22. The standard InChI is InChI=1S/C17H29N5O2/c1-13-10-16(20-19-13)14-4-3-6-22(11-14)17(23)18-15-5-7-21(12-15)8-9-24-2/h10,14-15H,3-9,11-12H2,1-2H3,(H,18,23)(H,19,20). The zero-order valence-electron chi connectivity index (χ0n) is 14.8. The zero-order chi connectivity index (χ0) is 16.9. The molecule has 7 heteroatoms. The lowest BCUT2D eigenvalue weighted by Crippen LogP contribution is -2.49. The number of nitrogens with zero attached hydrogens (tertiary/aromatic N) is 3. The van der Waals surface area contributed by atoms with Gasteiger partial charge in [-0.05, 0) is 32.3 Å². The molecular weight excluding hydrogens is 306 g/mol. The van der Waals surface area contributed by atoms with E-state index in [1.54, 1.807) is 7.11 Å². The SMILES string of the molecule is COCCN1CCC(NC(=O)N2CCCC(c3cc(C)[nH]n3)C2)C1. The summed E-state index contributed by atoms with van der Waals surface area (Å²) in [6, 6.07) is 2.42. The van der Waals surface area contributed by atoms with Crippen LogP contribution >= 0.6 is 0 Å². The number of ether oxygens (including phenoxy) is 1. The minimum absolute atomic E-state index is 0.0746. The third-order valence-electron chi connectivity index (χ3n) is 5.06. The van der Waals surface area contributed by atoms with Gasteiger partial charge in [-0.2, -0.15) is 5.10 Å². The molecule has 2 aliphatic rings. The van der Waals surface area contributed by atoms with Gasteiger partial charge in [-0.3, -0.25) is 10.00 Å². The lowest BCUT2D eigenvalue weighted by Gasteiger charge is -2.32. The molecular formula is C17H29N5O2. The van der Waals surface area contributed by atoms with Gasteiger partial charge in [0.15, 0.2) is 0 Å². The van der Waals surface area contributed by atoms with Gasteiger partial charge in [0.05, 0.1) is 12.3 Å². The Hall–Kier alpha value is -1.60. The summed E-state index contributed by atoms with van der Waals surface area (Å²) in [5.74, 6) is 0.344. The molecule has 2 amide bonds. The number of nitrogens with one attached hydrogen (secondary N) is 2. The van der Waals surface area contributed by atoms with Gasteiger partial charge in [0, 0.05) is 57.5 Å². The molecule has 0 saturated carbocycles. The Morgan fingerprint density at radius 3 is 3.04 bits per heavy atom. The molecule has 0 aliphatic carbocycles. The molecule has 134 valence electrons. The second kappa shape index (κ2) is 7.98. The Morgan fingerprint density at radius 2 is 2.29 bits per heavy atom. The number of methoxy groups -OCH3 is 1. The van der Waals surface area contributed by atoms with Crippen molar-refractivity contribution in [1.82, 2.24) is 25.3 Å². The van der Waals surface area contributed by atoms with Crippen molar-refractivity contribution in [3.8, 4) is 0 Å². The number of carbonyl (C=O) groups is 1. The molecule has 24 heavy (non-hydrogen) atoms. The molecule has 1 aromatic heterocycles. The van der Waals surface area contributed by atoms with Crippen LogP contribution in [0.3, 0.4) is 0 Å². The highest BCUT2D eigenvalue weighted by atomic mass is 16.5. The molecule has 3 rings (SSSR count). The first-order valence-corrected chi connectivity index (χ1v) is 8.94. The van der Waals surface area contributed by atoms with Crippen LogP contribution in [-0.4, -0.2) is 78.5 Å². The molecule has 2 saturated heterocycles. The van der Waals surface area contributed by atoms with E-state index < -0.39 is 0 Å². The van der Waals surface area contributed by atoms with Gasteiger partial charge in [-0.1, -0.05) is 0 Å². The predicted molar refractivity (Wildman–Crippen MR) is 92.1 cm³/mol. The lowest BCUT2D eigenvalue weighted by molar-refractivity contribution is 0.158. The fourth-order valence-electron chi connectivity index (χ4n) is 3.69. The van der Waals surface area contributed by atoms with Crippen LogP contribution in [-0.2, 0) is 4.74 Å². The number of H-pyrrole nitrogens is 1. The molecule has 1 aromatic rings. The summed E-state index contributed by atoms with van der Waals surface area (Å²) in [7, 11) is 1.73. The number of hydrogen-bond donors (Lipinski definition) is 2. The van der Waals surface area contributed by atoms with Gasteiger partial charge in [0.2, 0.25) is 0 Å². The summed E-state index contributed by atoms with van der Waals surface area (Å²) in [4.78, 5) is 16.9. The number of carbonyl (C=O) groups excluding carboxylic acids is 1. The van der Waals surface area contributed by atoms with Crippen molar-refractivity contribution in [2.75, 3.05) is 46.4 Å². The Bertz CT molecular complexity index is 547. The van der Waals surface area contributed by atoms with Gasteiger partial charge >= 0.3 is 6.03 Å². The molecule has 2 unspecified atom stereocenters.